The van der Waals surface area contributed by atoms with Gasteiger partial charge in [-0.25, -0.2) is 0 Å². The number of benzene rings is 1. The molecule has 0 fully saturated rings. The van der Waals surface area contributed by atoms with Gasteiger partial charge in [0.15, 0.2) is 0 Å². The van der Waals surface area contributed by atoms with Crippen molar-refractivity contribution < 1.29 is 0 Å². The summed E-state index contributed by atoms with van der Waals surface area (Å²) in [5.74, 6) is 0. The Balaban J connectivity index is 2.85. The van der Waals surface area contributed by atoms with E-state index in [1.54, 1.807) is 0 Å². The SMILES string of the molecule is CCc1[nH]c2c(Cl)cc(Br)cc2c1C. The van der Waals surface area contributed by atoms with Crippen molar-refractivity contribution in [2.24, 2.45) is 0 Å². The van der Waals surface area contributed by atoms with Gasteiger partial charge in [-0.1, -0.05) is 34.5 Å². The number of aromatic amines is 1. The van der Waals surface area contributed by atoms with E-state index in [0.29, 0.717) is 0 Å². The third-order valence-electron chi connectivity index (χ3n) is 2.54. The van der Waals surface area contributed by atoms with Crippen molar-refractivity contribution in [1.29, 1.82) is 0 Å². The number of aromatic nitrogens is 1. The van der Waals surface area contributed by atoms with Crippen LogP contribution < -0.4 is 0 Å². The summed E-state index contributed by atoms with van der Waals surface area (Å²) in [4.78, 5) is 3.36. The van der Waals surface area contributed by atoms with Gasteiger partial charge in [0, 0.05) is 15.6 Å². The second kappa shape index (κ2) is 3.59. The van der Waals surface area contributed by atoms with Crippen LogP contribution in [0.2, 0.25) is 5.02 Å². The van der Waals surface area contributed by atoms with Crippen LogP contribution in [0.5, 0.6) is 0 Å². The standard InChI is InChI=1S/C11H11BrClN/c1-3-10-6(2)8-4-7(12)5-9(13)11(8)14-10/h4-5,14H,3H2,1-2H3. The Kier molecular flexibility index (Phi) is 2.58. The number of aryl methyl sites for hydroxylation is 2. The number of hydrogen-bond acceptors (Lipinski definition) is 0. The molecule has 0 aliphatic carbocycles. The van der Waals surface area contributed by atoms with Crippen molar-refractivity contribution in [3.8, 4) is 0 Å². The number of nitrogens with one attached hydrogen (secondary N) is 1. The number of rotatable bonds is 1. The molecule has 0 saturated carbocycles. The Hall–Kier alpha value is -0.470. The van der Waals surface area contributed by atoms with Crippen LogP contribution in [0.4, 0.5) is 0 Å². The molecule has 0 atom stereocenters. The summed E-state index contributed by atoms with van der Waals surface area (Å²) < 4.78 is 1.03. The first kappa shape index (κ1) is 10.1. The van der Waals surface area contributed by atoms with Crippen molar-refractivity contribution in [2.75, 3.05) is 0 Å². The highest BCUT2D eigenvalue weighted by Gasteiger charge is 2.09. The summed E-state index contributed by atoms with van der Waals surface area (Å²) in [5.41, 5.74) is 3.61. The Bertz CT molecular complexity index is 487. The molecule has 74 valence electrons. The molecule has 2 aromatic rings. The molecule has 0 bridgehead atoms. The van der Waals surface area contributed by atoms with E-state index in [9.17, 15) is 0 Å². The smallest absolute Gasteiger partial charge is 0.0658 e. The second-order valence-corrected chi connectivity index (χ2v) is 4.72. The first-order valence-corrected chi connectivity index (χ1v) is 5.76. The normalized spacial score (nSPS) is 11.1. The quantitative estimate of drug-likeness (QED) is 0.789. The molecule has 1 nitrogen and oxygen atoms in total. The van der Waals surface area contributed by atoms with Crippen LogP contribution in [0.3, 0.4) is 0 Å². The fourth-order valence-corrected chi connectivity index (χ4v) is 2.61. The molecule has 14 heavy (non-hydrogen) atoms. The van der Waals surface area contributed by atoms with Crippen molar-refractivity contribution in [2.45, 2.75) is 20.3 Å². The van der Waals surface area contributed by atoms with Crippen molar-refractivity contribution in [1.82, 2.24) is 4.98 Å². The molecule has 3 heteroatoms. The van der Waals surface area contributed by atoms with Crippen LogP contribution in [-0.4, -0.2) is 4.98 Å². The van der Waals surface area contributed by atoms with Gasteiger partial charge in [0.1, 0.15) is 0 Å². The van der Waals surface area contributed by atoms with E-state index < -0.39 is 0 Å². The van der Waals surface area contributed by atoms with Gasteiger partial charge in [0.25, 0.3) is 0 Å². The molecule has 1 aromatic carbocycles. The molecule has 0 aliphatic rings. The van der Waals surface area contributed by atoms with Crippen LogP contribution in [-0.2, 0) is 6.42 Å². The van der Waals surface area contributed by atoms with Gasteiger partial charge < -0.3 is 4.98 Å². The van der Waals surface area contributed by atoms with E-state index in [4.69, 9.17) is 11.6 Å². The van der Waals surface area contributed by atoms with E-state index in [1.165, 1.54) is 16.6 Å². The Morgan fingerprint density at radius 3 is 2.79 bits per heavy atom. The summed E-state index contributed by atoms with van der Waals surface area (Å²) in [6, 6.07) is 4.02. The Morgan fingerprint density at radius 2 is 2.14 bits per heavy atom. The molecule has 2 rings (SSSR count). The summed E-state index contributed by atoms with van der Waals surface area (Å²) >= 11 is 9.59. The highest BCUT2D eigenvalue weighted by molar-refractivity contribution is 9.10. The zero-order valence-corrected chi connectivity index (χ0v) is 10.5. The van der Waals surface area contributed by atoms with Gasteiger partial charge >= 0.3 is 0 Å². The molecule has 0 unspecified atom stereocenters. The molecular formula is C11H11BrClN. The number of halogens is 2. The Labute approximate surface area is 96.6 Å². The van der Waals surface area contributed by atoms with E-state index in [2.05, 4.69) is 40.8 Å². The molecular weight excluding hydrogens is 261 g/mol. The second-order valence-electron chi connectivity index (χ2n) is 3.39. The highest BCUT2D eigenvalue weighted by Crippen LogP contribution is 2.31. The average Bonchev–Trinajstić information content (AvgIpc) is 2.44. The maximum Gasteiger partial charge on any atom is 0.0658 e. The number of hydrogen-bond donors (Lipinski definition) is 1. The predicted molar refractivity (Wildman–Crippen MR) is 65.1 cm³/mol. The van der Waals surface area contributed by atoms with Gasteiger partial charge in [0.2, 0.25) is 0 Å². The van der Waals surface area contributed by atoms with E-state index in [-0.39, 0.29) is 0 Å². The molecule has 0 radical (unpaired) electrons. The third kappa shape index (κ3) is 1.47. The van der Waals surface area contributed by atoms with E-state index in [1.807, 2.05) is 6.07 Å². The van der Waals surface area contributed by atoms with E-state index in [0.717, 1.165) is 21.4 Å². The lowest BCUT2D eigenvalue weighted by Gasteiger charge is -1.96. The highest BCUT2D eigenvalue weighted by atomic mass is 79.9. The lowest BCUT2D eigenvalue weighted by molar-refractivity contribution is 1.05. The average molecular weight is 273 g/mol. The van der Waals surface area contributed by atoms with Crippen LogP contribution in [0.1, 0.15) is 18.2 Å². The fourth-order valence-electron chi connectivity index (χ4n) is 1.76. The van der Waals surface area contributed by atoms with Crippen molar-refractivity contribution >= 4 is 38.4 Å². The third-order valence-corrected chi connectivity index (χ3v) is 3.30. The van der Waals surface area contributed by atoms with Gasteiger partial charge in [0.05, 0.1) is 10.5 Å². The van der Waals surface area contributed by atoms with Crippen LogP contribution in [0.25, 0.3) is 10.9 Å². The van der Waals surface area contributed by atoms with Crippen molar-refractivity contribution in [3.05, 3.63) is 32.9 Å². The first-order chi connectivity index (χ1) is 6.63. The summed E-state index contributed by atoms with van der Waals surface area (Å²) in [7, 11) is 0. The predicted octanol–water partition coefficient (Wildman–Crippen LogP) is 4.45. The van der Waals surface area contributed by atoms with Gasteiger partial charge in [-0.2, -0.15) is 0 Å². The van der Waals surface area contributed by atoms with E-state index >= 15 is 0 Å². The molecule has 0 spiro atoms. The minimum Gasteiger partial charge on any atom is -0.357 e. The fraction of sp³-hybridized carbons (Fsp3) is 0.273. The molecule has 1 heterocycles. The van der Waals surface area contributed by atoms with Crippen molar-refractivity contribution in [3.63, 3.8) is 0 Å². The zero-order chi connectivity index (χ0) is 10.3. The van der Waals surface area contributed by atoms with Crippen LogP contribution >= 0.6 is 27.5 Å². The van der Waals surface area contributed by atoms with Gasteiger partial charge in [-0.15, -0.1) is 0 Å². The lowest BCUT2D eigenvalue weighted by atomic mass is 10.1. The van der Waals surface area contributed by atoms with Gasteiger partial charge in [-0.05, 0) is 31.0 Å². The summed E-state index contributed by atoms with van der Waals surface area (Å²) in [6.45, 7) is 4.26. The maximum atomic E-state index is 6.14. The van der Waals surface area contributed by atoms with Gasteiger partial charge in [-0.3, -0.25) is 0 Å². The molecule has 1 aromatic heterocycles. The first-order valence-electron chi connectivity index (χ1n) is 4.59. The maximum absolute atomic E-state index is 6.14. The monoisotopic (exact) mass is 271 g/mol. The largest absolute Gasteiger partial charge is 0.357 e. The summed E-state index contributed by atoms with van der Waals surface area (Å²) in [6.07, 6.45) is 1.01. The van der Waals surface area contributed by atoms with Crippen LogP contribution in [0.15, 0.2) is 16.6 Å². The minimum absolute atomic E-state index is 0.775. The minimum atomic E-state index is 0.775. The Morgan fingerprint density at radius 1 is 1.43 bits per heavy atom. The summed E-state index contributed by atoms with van der Waals surface area (Å²) in [5, 5.41) is 1.98. The molecule has 0 saturated heterocycles. The number of H-pyrrole nitrogens is 1. The molecule has 0 amide bonds. The zero-order valence-electron chi connectivity index (χ0n) is 8.12. The number of fused-ring (bicyclic) bond motifs is 1. The topological polar surface area (TPSA) is 15.8 Å². The molecule has 0 aliphatic heterocycles. The lowest BCUT2D eigenvalue weighted by Crippen LogP contribution is -1.80. The van der Waals surface area contributed by atoms with Crippen LogP contribution in [0, 0.1) is 6.92 Å². The molecule has 1 N–H and O–H groups in total.